The van der Waals surface area contributed by atoms with Crippen LogP contribution in [0.25, 0.3) is 20.9 Å². The first kappa shape index (κ1) is 18.5. The predicted octanol–water partition coefficient (Wildman–Crippen LogP) is 5.00. The summed E-state index contributed by atoms with van der Waals surface area (Å²) >= 11 is 2.84. The molecule has 1 saturated heterocycles. The minimum atomic E-state index is -4.40. The van der Waals surface area contributed by atoms with Gasteiger partial charge in [-0.25, -0.2) is 4.98 Å². The maximum Gasteiger partial charge on any atom is 0.416 e. The molecule has 4 heterocycles. The fourth-order valence-electron chi connectivity index (χ4n) is 3.13. The van der Waals surface area contributed by atoms with Crippen molar-refractivity contribution in [1.29, 1.82) is 0 Å². The van der Waals surface area contributed by atoms with Crippen molar-refractivity contribution in [2.24, 2.45) is 0 Å². The maximum absolute atomic E-state index is 13.0. The van der Waals surface area contributed by atoms with Gasteiger partial charge in [-0.15, -0.1) is 11.3 Å². The van der Waals surface area contributed by atoms with Gasteiger partial charge in [0.1, 0.15) is 6.04 Å². The lowest BCUT2D eigenvalue weighted by molar-refractivity contribution is -0.137. The molecule has 1 aliphatic rings. The number of aromatic nitrogens is 3. The van der Waals surface area contributed by atoms with Crippen LogP contribution in [0.5, 0.6) is 0 Å². The van der Waals surface area contributed by atoms with Crippen molar-refractivity contribution >= 4 is 38.0 Å². The summed E-state index contributed by atoms with van der Waals surface area (Å²) in [5, 5.41) is 6.57. The van der Waals surface area contributed by atoms with Crippen molar-refractivity contribution in [3.8, 4) is 10.7 Å². The van der Waals surface area contributed by atoms with Gasteiger partial charge in [-0.2, -0.15) is 18.2 Å². The van der Waals surface area contributed by atoms with Crippen molar-refractivity contribution in [3.05, 3.63) is 47.2 Å². The van der Waals surface area contributed by atoms with E-state index in [0.717, 1.165) is 17.0 Å². The number of thiazole rings is 1. The van der Waals surface area contributed by atoms with Crippen LogP contribution in [0, 0.1) is 0 Å². The van der Waals surface area contributed by atoms with Crippen molar-refractivity contribution in [2.45, 2.75) is 12.2 Å². The molecule has 3 aromatic heterocycles. The highest BCUT2D eigenvalue weighted by Gasteiger charge is 2.33. The van der Waals surface area contributed by atoms with E-state index >= 15 is 0 Å². The first-order valence-corrected chi connectivity index (χ1v) is 10.4. The highest BCUT2D eigenvalue weighted by molar-refractivity contribution is 7.22. The lowest BCUT2D eigenvalue weighted by Gasteiger charge is -2.32. The molecular formula is C18H13F3N4O2S2. The molecular weight excluding hydrogens is 425 g/mol. The normalized spacial score (nSPS) is 17.9. The largest absolute Gasteiger partial charge is 0.416 e. The van der Waals surface area contributed by atoms with Gasteiger partial charge in [-0.05, 0) is 29.6 Å². The van der Waals surface area contributed by atoms with E-state index in [4.69, 9.17) is 9.26 Å². The average Bonchev–Trinajstić information content (AvgIpc) is 3.46. The van der Waals surface area contributed by atoms with Crippen LogP contribution >= 0.6 is 22.7 Å². The fourth-order valence-corrected chi connectivity index (χ4v) is 4.80. The van der Waals surface area contributed by atoms with Crippen molar-refractivity contribution in [1.82, 2.24) is 15.1 Å². The standard InChI is InChI=1S/C18H13F3N4O2S2/c19-18(20,21)10-3-4-13-11(8-10)22-17(29-13)25-5-6-26-9-12(25)16-23-15(24-27-16)14-2-1-7-28-14/h1-4,7-8,12H,5-6,9H2/t12-/m0/s1. The van der Waals surface area contributed by atoms with E-state index in [9.17, 15) is 13.2 Å². The van der Waals surface area contributed by atoms with E-state index in [2.05, 4.69) is 15.1 Å². The third-order valence-corrected chi connectivity index (χ3v) is 6.49. The number of fused-ring (bicyclic) bond motifs is 1. The molecule has 0 aliphatic carbocycles. The quantitative estimate of drug-likeness (QED) is 0.448. The van der Waals surface area contributed by atoms with E-state index in [1.54, 1.807) is 0 Å². The summed E-state index contributed by atoms with van der Waals surface area (Å²) in [7, 11) is 0. The van der Waals surface area contributed by atoms with E-state index in [0.29, 0.717) is 46.8 Å². The lowest BCUT2D eigenvalue weighted by atomic mass is 10.2. The highest BCUT2D eigenvalue weighted by Crippen LogP contribution is 2.38. The number of hydrogen-bond acceptors (Lipinski definition) is 8. The van der Waals surface area contributed by atoms with E-state index in [1.165, 1.54) is 28.7 Å². The molecule has 0 bridgehead atoms. The Kier molecular flexibility index (Phi) is 4.52. The molecule has 0 amide bonds. The van der Waals surface area contributed by atoms with Gasteiger partial charge in [0.2, 0.25) is 5.82 Å². The molecule has 1 aromatic carbocycles. The summed E-state index contributed by atoms with van der Waals surface area (Å²) in [4.78, 5) is 11.8. The van der Waals surface area contributed by atoms with E-state index in [1.807, 2.05) is 22.4 Å². The molecule has 0 radical (unpaired) electrons. The van der Waals surface area contributed by atoms with E-state index < -0.39 is 11.7 Å². The SMILES string of the molecule is FC(F)(F)c1ccc2sc(N3CCOC[C@H]3c3nc(-c4cccs4)no3)nc2c1. The topological polar surface area (TPSA) is 64.3 Å². The van der Waals surface area contributed by atoms with Crippen LogP contribution < -0.4 is 4.90 Å². The summed E-state index contributed by atoms with van der Waals surface area (Å²) in [6, 6.07) is 7.06. The number of halogens is 3. The van der Waals surface area contributed by atoms with Crippen molar-refractivity contribution < 1.29 is 22.4 Å². The lowest BCUT2D eigenvalue weighted by Crippen LogP contribution is -2.39. The van der Waals surface area contributed by atoms with Gasteiger partial charge in [0.25, 0.3) is 5.89 Å². The zero-order chi connectivity index (χ0) is 20.0. The van der Waals surface area contributed by atoms with Crippen LogP contribution in [0.1, 0.15) is 17.5 Å². The van der Waals surface area contributed by atoms with Crippen LogP contribution in [0.15, 0.2) is 40.2 Å². The zero-order valence-electron chi connectivity index (χ0n) is 14.7. The van der Waals surface area contributed by atoms with E-state index in [-0.39, 0.29) is 6.04 Å². The molecule has 0 spiro atoms. The molecule has 1 atom stereocenters. The first-order valence-electron chi connectivity index (χ1n) is 8.69. The number of morpholine rings is 1. The number of alkyl halides is 3. The molecule has 11 heteroatoms. The number of rotatable bonds is 3. The predicted molar refractivity (Wildman–Crippen MR) is 103 cm³/mol. The Labute approximate surface area is 170 Å². The van der Waals surface area contributed by atoms with Crippen LogP contribution in [-0.2, 0) is 10.9 Å². The van der Waals surface area contributed by atoms with Crippen LogP contribution in [-0.4, -0.2) is 34.9 Å². The Balaban J connectivity index is 1.48. The number of thiophene rings is 1. The molecule has 1 fully saturated rings. The molecule has 0 unspecified atom stereocenters. The Morgan fingerprint density at radius 1 is 1.17 bits per heavy atom. The van der Waals surface area contributed by atoms with Gasteiger partial charge in [0, 0.05) is 6.54 Å². The monoisotopic (exact) mass is 438 g/mol. The third kappa shape index (κ3) is 3.49. The fraction of sp³-hybridized carbons (Fsp3) is 0.278. The minimum Gasteiger partial charge on any atom is -0.377 e. The molecule has 1 aliphatic heterocycles. The Morgan fingerprint density at radius 3 is 2.86 bits per heavy atom. The van der Waals surface area contributed by atoms with Crippen molar-refractivity contribution in [2.75, 3.05) is 24.7 Å². The van der Waals surface area contributed by atoms with Gasteiger partial charge in [-0.3, -0.25) is 0 Å². The number of hydrogen-bond donors (Lipinski definition) is 0. The van der Waals surface area contributed by atoms with Crippen molar-refractivity contribution in [3.63, 3.8) is 0 Å². The second-order valence-corrected chi connectivity index (χ2v) is 8.35. The van der Waals surface area contributed by atoms with Gasteiger partial charge in [-0.1, -0.05) is 22.6 Å². The summed E-state index contributed by atoms with van der Waals surface area (Å²) in [6.45, 7) is 1.33. The van der Waals surface area contributed by atoms with Gasteiger partial charge < -0.3 is 14.2 Å². The molecule has 0 N–H and O–H groups in total. The number of ether oxygens (including phenoxy) is 1. The van der Waals surface area contributed by atoms with Crippen LogP contribution in [0.3, 0.4) is 0 Å². The highest BCUT2D eigenvalue weighted by atomic mass is 32.1. The molecule has 29 heavy (non-hydrogen) atoms. The molecule has 5 rings (SSSR count). The summed E-state index contributed by atoms with van der Waals surface area (Å²) < 4.78 is 50.7. The summed E-state index contributed by atoms with van der Waals surface area (Å²) in [6.07, 6.45) is -4.40. The zero-order valence-corrected chi connectivity index (χ0v) is 16.4. The molecule has 0 saturated carbocycles. The third-order valence-electron chi connectivity index (χ3n) is 4.55. The smallest absolute Gasteiger partial charge is 0.377 e. The summed E-state index contributed by atoms with van der Waals surface area (Å²) in [5.74, 6) is 0.892. The average molecular weight is 438 g/mol. The Bertz CT molecular complexity index is 1140. The van der Waals surface area contributed by atoms with Gasteiger partial charge >= 0.3 is 6.18 Å². The maximum atomic E-state index is 13.0. The van der Waals surface area contributed by atoms with Gasteiger partial charge in [0.05, 0.1) is 33.9 Å². The number of nitrogens with zero attached hydrogens (tertiary/aromatic N) is 4. The molecule has 4 aromatic rings. The number of benzene rings is 1. The molecule has 6 nitrogen and oxygen atoms in total. The van der Waals surface area contributed by atoms with Crippen LogP contribution in [0.2, 0.25) is 0 Å². The van der Waals surface area contributed by atoms with Gasteiger partial charge in [0.15, 0.2) is 5.13 Å². The molecule has 150 valence electrons. The van der Waals surface area contributed by atoms with Crippen LogP contribution in [0.4, 0.5) is 18.3 Å². The summed E-state index contributed by atoms with van der Waals surface area (Å²) in [5.41, 5.74) is -0.396. The Hall–Kier alpha value is -2.50. The first-order chi connectivity index (χ1) is 14.0. The minimum absolute atomic E-state index is 0.315. The second kappa shape index (κ2) is 7.08. The second-order valence-electron chi connectivity index (χ2n) is 6.39. The number of anilines is 1. The Morgan fingerprint density at radius 2 is 2.07 bits per heavy atom.